The fourth-order valence-electron chi connectivity index (χ4n) is 2.79. The average molecular weight is 446 g/mol. The number of amides is 1. The van der Waals surface area contributed by atoms with Gasteiger partial charge in [0, 0.05) is 30.7 Å². The van der Waals surface area contributed by atoms with Crippen molar-refractivity contribution in [3.63, 3.8) is 0 Å². The normalized spacial score (nSPS) is 10.7. The number of nitrogens with zero attached hydrogens (tertiary/aromatic N) is 3. The van der Waals surface area contributed by atoms with Gasteiger partial charge in [-0.25, -0.2) is 4.98 Å². The van der Waals surface area contributed by atoms with Crippen LogP contribution in [0.1, 0.15) is 31.5 Å². The van der Waals surface area contributed by atoms with Crippen LogP contribution in [0.2, 0.25) is 5.02 Å². The Bertz CT molecular complexity index is 1080. The van der Waals surface area contributed by atoms with E-state index in [0.29, 0.717) is 26.2 Å². The highest BCUT2D eigenvalue weighted by atomic mass is 35.5. The Morgan fingerprint density at radius 3 is 2.60 bits per heavy atom. The van der Waals surface area contributed by atoms with Crippen LogP contribution in [0, 0.1) is 24.0 Å². The van der Waals surface area contributed by atoms with Crippen LogP contribution >= 0.6 is 22.9 Å². The standard InChI is InChI=1S/C21H20ClN3O4S/c1-13-4-7-17(8-5-13)29-12-19-23-14(2)20(30-19)21(26)24(3)11-15-10-16(25(27)28)6-9-18(15)22/h4-10H,11-12H2,1-3H3. The van der Waals surface area contributed by atoms with Crippen molar-refractivity contribution in [3.8, 4) is 5.75 Å². The van der Waals surface area contributed by atoms with Crippen molar-refractivity contribution >= 4 is 34.5 Å². The summed E-state index contributed by atoms with van der Waals surface area (Å²) in [6.45, 7) is 4.19. The minimum atomic E-state index is -0.491. The summed E-state index contributed by atoms with van der Waals surface area (Å²) in [5, 5.41) is 12.1. The Kier molecular flexibility index (Phi) is 6.69. The number of nitro benzene ring substituents is 1. The van der Waals surface area contributed by atoms with Crippen molar-refractivity contribution in [3.05, 3.63) is 84.3 Å². The molecule has 0 aliphatic heterocycles. The zero-order valence-electron chi connectivity index (χ0n) is 16.7. The van der Waals surface area contributed by atoms with Crippen LogP contribution in [0.4, 0.5) is 5.69 Å². The molecule has 9 heteroatoms. The van der Waals surface area contributed by atoms with Crippen molar-refractivity contribution in [2.45, 2.75) is 27.0 Å². The van der Waals surface area contributed by atoms with Crippen molar-refractivity contribution in [1.29, 1.82) is 0 Å². The molecule has 0 saturated heterocycles. The van der Waals surface area contributed by atoms with Gasteiger partial charge in [-0.15, -0.1) is 11.3 Å². The first-order chi connectivity index (χ1) is 14.2. The molecule has 156 valence electrons. The molecule has 1 heterocycles. The number of thiazole rings is 1. The molecular formula is C21H20ClN3O4S. The molecular weight excluding hydrogens is 426 g/mol. The monoisotopic (exact) mass is 445 g/mol. The zero-order chi connectivity index (χ0) is 21.8. The van der Waals surface area contributed by atoms with Crippen molar-refractivity contribution in [2.75, 3.05) is 7.05 Å². The summed E-state index contributed by atoms with van der Waals surface area (Å²) in [7, 11) is 1.62. The maximum Gasteiger partial charge on any atom is 0.269 e. The highest BCUT2D eigenvalue weighted by molar-refractivity contribution is 7.13. The van der Waals surface area contributed by atoms with E-state index in [-0.39, 0.29) is 24.7 Å². The molecule has 0 radical (unpaired) electrons. The van der Waals surface area contributed by atoms with E-state index in [1.54, 1.807) is 14.0 Å². The third kappa shape index (κ3) is 5.14. The average Bonchev–Trinajstić information content (AvgIpc) is 3.09. The van der Waals surface area contributed by atoms with Crippen LogP contribution in [0.5, 0.6) is 5.75 Å². The zero-order valence-corrected chi connectivity index (χ0v) is 18.3. The summed E-state index contributed by atoms with van der Waals surface area (Å²) in [5.74, 6) is 0.507. The number of non-ortho nitro benzene ring substituents is 1. The molecule has 0 atom stereocenters. The van der Waals surface area contributed by atoms with Gasteiger partial charge in [-0.2, -0.15) is 0 Å². The number of hydrogen-bond acceptors (Lipinski definition) is 6. The van der Waals surface area contributed by atoms with E-state index in [9.17, 15) is 14.9 Å². The molecule has 0 aliphatic rings. The number of benzene rings is 2. The molecule has 3 rings (SSSR count). The van der Waals surface area contributed by atoms with E-state index >= 15 is 0 Å². The van der Waals surface area contributed by atoms with Gasteiger partial charge in [0.15, 0.2) is 0 Å². The third-order valence-corrected chi connectivity index (χ3v) is 5.90. The second-order valence-electron chi connectivity index (χ2n) is 6.82. The van der Waals surface area contributed by atoms with Gasteiger partial charge >= 0.3 is 0 Å². The van der Waals surface area contributed by atoms with E-state index < -0.39 is 4.92 Å². The number of nitro groups is 1. The highest BCUT2D eigenvalue weighted by Gasteiger charge is 2.21. The smallest absolute Gasteiger partial charge is 0.269 e. The lowest BCUT2D eigenvalue weighted by molar-refractivity contribution is -0.384. The van der Waals surface area contributed by atoms with E-state index in [4.69, 9.17) is 16.3 Å². The van der Waals surface area contributed by atoms with Gasteiger partial charge in [-0.1, -0.05) is 29.3 Å². The topological polar surface area (TPSA) is 85.6 Å². The number of carbonyl (C=O) groups is 1. The molecule has 0 fully saturated rings. The molecule has 0 aliphatic carbocycles. The summed E-state index contributed by atoms with van der Waals surface area (Å²) in [5.41, 5.74) is 2.20. The second-order valence-corrected chi connectivity index (χ2v) is 8.31. The quantitative estimate of drug-likeness (QED) is 0.369. The third-order valence-electron chi connectivity index (χ3n) is 4.41. The summed E-state index contributed by atoms with van der Waals surface area (Å²) >= 11 is 7.43. The second kappa shape index (κ2) is 9.23. The number of halogens is 1. The van der Waals surface area contributed by atoms with Gasteiger partial charge in [0.2, 0.25) is 0 Å². The van der Waals surface area contributed by atoms with Gasteiger partial charge in [-0.05, 0) is 37.6 Å². The molecule has 2 aromatic carbocycles. The maximum atomic E-state index is 12.9. The fraction of sp³-hybridized carbons (Fsp3) is 0.238. The number of rotatable bonds is 7. The van der Waals surface area contributed by atoms with Gasteiger partial charge in [0.25, 0.3) is 11.6 Å². The fourth-order valence-corrected chi connectivity index (χ4v) is 3.94. The largest absolute Gasteiger partial charge is 0.486 e. The molecule has 0 bridgehead atoms. The molecule has 1 amide bonds. The van der Waals surface area contributed by atoms with Crippen LogP contribution < -0.4 is 4.74 Å². The summed E-state index contributed by atoms with van der Waals surface area (Å²) in [6.07, 6.45) is 0. The Morgan fingerprint density at radius 2 is 1.93 bits per heavy atom. The van der Waals surface area contributed by atoms with Gasteiger partial charge in [0.05, 0.1) is 10.6 Å². The van der Waals surface area contributed by atoms with Crippen LogP contribution in [-0.2, 0) is 13.2 Å². The van der Waals surface area contributed by atoms with E-state index in [2.05, 4.69) is 4.98 Å². The molecule has 1 aromatic heterocycles. The predicted octanol–water partition coefficient (Wildman–Crippen LogP) is 5.17. The molecule has 3 aromatic rings. The lowest BCUT2D eigenvalue weighted by atomic mass is 10.2. The van der Waals surface area contributed by atoms with Gasteiger partial charge in [0.1, 0.15) is 22.2 Å². The highest BCUT2D eigenvalue weighted by Crippen LogP contribution is 2.26. The van der Waals surface area contributed by atoms with Crippen LogP contribution in [0.25, 0.3) is 0 Å². The number of hydrogen-bond donors (Lipinski definition) is 0. The first-order valence-corrected chi connectivity index (χ1v) is 10.3. The van der Waals surface area contributed by atoms with Gasteiger partial charge in [-0.3, -0.25) is 14.9 Å². The molecule has 0 N–H and O–H groups in total. The van der Waals surface area contributed by atoms with E-state index in [0.717, 1.165) is 11.3 Å². The molecule has 30 heavy (non-hydrogen) atoms. The first-order valence-electron chi connectivity index (χ1n) is 9.08. The molecule has 0 spiro atoms. The number of aryl methyl sites for hydroxylation is 2. The molecule has 0 unspecified atom stereocenters. The Morgan fingerprint density at radius 1 is 1.23 bits per heavy atom. The maximum absolute atomic E-state index is 12.9. The molecule has 7 nitrogen and oxygen atoms in total. The summed E-state index contributed by atoms with van der Waals surface area (Å²) < 4.78 is 5.74. The first kappa shape index (κ1) is 21.7. The Labute approximate surface area is 183 Å². The molecule has 0 saturated carbocycles. The van der Waals surface area contributed by atoms with E-state index in [1.165, 1.54) is 34.4 Å². The Hall–Kier alpha value is -2.97. The SMILES string of the molecule is Cc1ccc(OCc2nc(C)c(C(=O)N(C)Cc3cc([N+](=O)[O-])ccc3Cl)s2)cc1. The van der Waals surface area contributed by atoms with Crippen molar-refractivity contribution in [1.82, 2.24) is 9.88 Å². The minimum Gasteiger partial charge on any atom is -0.486 e. The van der Waals surface area contributed by atoms with Crippen LogP contribution in [-0.4, -0.2) is 27.8 Å². The number of aromatic nitrogens is 1. The van der Waals surface area contributed by atoms with Crippen molar-refractivity contribution < 1.29 is 14.5 Å². The summed E-state index contributed by atoms with van der Waals surface area (Å²) in [4.78, 5) is 29.8. The van der Waals surface area contributed by atoms with Crippen molar-refractivity contribution in [2.24, 2.45) is 0 Å². The lowest BCUT2D eigenvalue weighted by Crippen LogP contribution is -2.26. The lowest BCUT2D eigenvalue weighted by Gasteiger charge is -2.17. The summed E-state index contributed by atoms with van der Waals surface area (Å²) in [6, 6.07) is 11.9. The Balaban J connectivity index is 1.69. The minimum absolute atomic E-state index is 0.0697. The van der Waals surface area contributed by atoms with Crippen LogP contribution in [0.3, 0.4) is 0 Å². The van der Waals surface area contributed by atoms with Gasteiger partial charge < -0.3 is 9.64 Å². The predicted molar refractivity (Wildman–Crippen MR) is 116 cm³/mol. The van der Waals surface area contributed by atoms with E-state index in [1.807, 2.05) is 31.2 Å². The van der Waals surface area contributed by atoms with Crippen LogP contribution in [0.15, 0.2) is 42.5 Å². The number of ether oxygens (including phenoxy) is 1. The number of carbonyl (C=O) groups excluding carboxylic acids is 1.